The van der Waals surface area contributed by atoms with Gasteiger partial charge in [-0.05, 0) is 43.9 Å². The van der Waals surface area contributed by atoms with Crippen molar-refractivity contribution in [2.24, 2.45) is 23.7 Å². The van der Waals surface area contributed by atoms with Crippen LogP contribution in [-0.4, -0.2) is 41.3 Å². The van der Waals surface area contributed by atoms with Gasteiger partial charge >= 0.3 is 5.97 Å². The maximum Gasteiger partial charge on any atom is 0.302 e. The first-order valence-electron chi connectivity index (χ1n) is 8.07. The first-order valence-corrected chi connectivity index (χ1v) is 8.07. The van der Waals surface area contributed by atoms with Gasteiger partial charge in [-0.2, -0.15) is 0 Å². The lowest BCUT2D eigenvalue weighted by molar-refractivity contribution is -0.143. The van der Waals surface area contributed by atoms with Crippen molar-refractivity contribution in [2.45, 2.75) is 45.6 Å². The average Bonchev–Trinajstić information content (AvgIpc) is 2.45. The molecule has 1 fully saturated rings. The number of Topliss-reactive ketones (excluding diaryl/α,β-unsaturated/α-hetero) is 1. The van der Waals surface area contributed by atoms with Crippen LogP contribution in [0.5, 0.6) is 0 Å². The molecule has 2 rings (SSSR count). The molecule has 5 nitrogen and oxygen atoms in total. The fourth-order valence-electron chi connectivity index (χ4n) is 4.11. The van der Waals surface area contributed by atoms with Gasteiger partial charge in [0.2, 0.25) is 0 Å². The standard InChI is InChI=1S/C17H26O5/c1-10-7-16(21)14-8-12(9-22-11(2)19)3-4-13(14)17(10)15(20)5-6-18/h7,12-14,16-18,21H,3-6,8-9H2,1-2H3. The Hall–Kier alpha value is -1.20. The van der Waals surface area contributed by atoms with E-state index < -0.39 is 6.10 Å². The lowest BCUT2D eigenvalue weighted by atomic mass is 9.61. The number of allylic oxidation sites excluding steroid dienone is 1. The highest BCUT2D eigenvalue weighted by atomic mass is 16.5. The lowest BCUT2D eigenvalue weighted by Crippen LogP contribution is -2.44. The van der Waals surface area contributed by atoms with Crippen LogP contribution in [0.3, 0.4) is 0 Å². The Balaban J connectivity index is 2.09. The van der Waals surface area contributed by atoms with Crippen LogP contribution in [0, 0.1) is 23.7 Å². The van der Waals surface area contributed by atoms with Gasteiger partial charge in [0.1, 0.15) is 5.78 Å². The van der Waals surface area contributed by atoms with E-state index in [1.54, 1.807) is 6.08 Å². The molecule has 0 amide bonds. The maximum absolute atomic E-state index is 12.3. The molecule has 1 saturated carbocycles. The first kappa shape index (κ1) is 17.2. The second-order valence-corrected chi connectivity index (χ2v) is 6.63. The summed E-state index contributed by atoms with van der Waals surface area (Å²) in [6.07, 6.45) is 3.94. The summed E-state index contributed by atoms with van der Waals surface area (Å²) in [6, 6.07) is 0. The van der Waals surface area contributed by atoms with Gasteiger partial charge in [-0.3, -0.25) is 9.59 Å². The van der Waals surface area contributed by atoms with E-state index in [1.165, 1.54) is 6.92 Å². The summed E-state index contributed by atoms with van der Waals surface area (Å²) in [6.45, 7) is 3.56. The number of ketones is 1. The number of hydrogen-bond donors (Lipinski definition) is 2. The smallest absolute Gasteiger partial charge is 0.302 e. The van der Waals surface area contributed by atoms with Crippen LogP contribution in [0.25, 0.3) is 0 Å². The Morgan fingerprint density at radius 2 is 2.05 bits per heavy atom. The van der Waals surface area contributed by atoms with Crippen molar-refractivity contribution in [3.63, 3.8) is 0 Å². The van der Waals surface area contributed by atoms with Crippen LogP contribution in [0.15, 0.2) is 11.6 Å². The summed E-state index contributed by atoms with van der Waals surface area (Å²) in [5, 5.41) is 19.4. The fraction of sp³-hybridized carbons (Fsp3) is 0.765. The maximum atomic E-state index is 12.3. The molecule has 0 saturated heterocycles. The highest BCUT2D eigenvalue weighted by Gasteiger charge is 2.44. The number of carbonyl (C=O) groups excluding carboxylic acids is 2. The van der Waals surface area contributed by atoms with E-state index in [9.17, 15) is 14.7 Å². The number of hydrogen-bond acceptors (Lipinski definition) is 5. The van der Waals surface area contributed by atoms with Crippen LogP contribution in [0.1, 0.15) is 39.5 Å². The van der Waals surface area contributed by atoms with Gasteiger partial charge in [-0.25, -0.2) is 0 Å². The third-order valence-corrected chi connectivity index (χ3v) is 5.08. The van der Waals surface area contributed by atoms with Crippen LogP contribution in [-0.2, 0) is 14.3 Å². The fourth-order valence-corrected chi connectivity index (χ4v) is 4.11. The van der Waals surface area contributed by atoms with Crippen molar-refractivity contribution in [3.05, 3.63) is 11.6 Å². The molecule has 2 aliphatic rings. The molecule has 0 radical (unpaired) electrons. The lowest BCUT2D eigenvalue weighted by Gasteiger charge is -2.44. The number of aliphatic hydroxyl groups excluding tert-OH is 2. The Bertz CT molecular complexity index is 456. The molecule has 5 unspecified atom stereocenters. The van der Waals surface area contributed by atoms with Gasteiger partial charge in [-0.1, -0.05) is 11.6 Å². The van der Waals surface area contributed by atoms with Crippen molar-refractivity contribution in [1.29, 1.82) is 0 Å². The van der Waals surface area contributed by atoms with Crippen LogP contribution in [0.2, 0.25) is 0 Å². The van der Waals surface area contributed by atoms with Crippen LogP contribution >= 0.6 is 0 Å². The molecule has 5 atom stereocenters. The highest BCUT2D eigenvalue weighted by molar-refractivity contribution is 5.84. The minimum Gasteiger partial charge on any atom is -0.466 e. The molecule has 2 aliphatic carbocycles. The highest BCUT2D eigenvalue weighted by Crippen LogP contribution is 2.46. The monoisotopic (exact) mass is 310 g/mol. The van der Waals surface area contributed by atoms with E-state index >= 15 is 0 Å². The number of esters is 1. The van der Waals surface area contributed by atoms with Gasteiger partial charge in [-0.15, -0.1) is 0 Å². The zero-order valence-electron chi connectivity index (χ0n) is 13.3. The number of aliphatic hydroxyl groups is 2. The molecular weight excluding hydrogens is 284 g/mol. The molecule has 0 aromatic heterocycles. The summed E-state index contributed by atoms with van der Waals surface area (Å²) >= 11 is 0. The van der Waals surface area contributed by atoms with Crippen molar-refractivity contribution in [3.8, 4) is 0 Å². The van der Waals surface area contributed by atoms with E-state index in [1.807, 2.05) is 6.92 Å². The predicted molar refractivity (Wildman–Crippen MR) is 80.9 cm³/mol. The number of carbonyl (C=O) groups is 2. The first-order chi connectivity index (χ1) is 10.4. The number of fused-ring (bicyclic) bond motifs is 1. The summed E-state index contributed by atoms with van der Waals surface area (Å²) in [5.41, 5.74) is 0.922. The Morgan fingerprint density at radius 1 is 1.32 bits per heavy atom. The van der Waals surface area contributed by atoms with E-state index in [0.29, 0.717) is 6.61 Å². The molecular formula is C17H26O5. The molecule has 124 valence electrons. The Labute approximate surface area is 131 Å². The summed E-state index contributed by atoms with van der Waals surface area (Å²) in [7, 11) is 0. The molecule has 0 aromatic rings. The SMILES string of the molecule is CC(=O)OCC1CCC2C(C(=O)CCO)C(C)=CC(O)C2C1. The Kier molecular flexibility index (Phi) is 5.75. The number of ether oxygens (including phenoxy) is 1. The van der Waals surface area contributed by atoms with E-state index in [-0.39, 0.29) is 48.5 Å². The zero-order chi connectivity index (χ0) is 16.3. The Morgan fingerprint density at radius 3 is 2.68 bits per heavy atom. The minimum atomic E-state index is -0.539. The zero-order valence-corrected chi connectivity index (χ0v) is 13.3. The topological polar surface area (TPSA) is 83.8 Å². The van der Waals surface area contributed by atoms with Gasteiger partial charge < -0.3 is 14.9 Å². The number of rotatable bonds is 5. The average molecular weight is 310 g/mol. The second-order valence-electron chi connectivity index (χ2n) is 6.63. The molecule has 5 heteroatoms. The van der Waals surface area contributed by atoms with Gasteiger partial charge in [0.25, 0.3) is 0 Å². The summed E-state index contributed by atoms with van der Waals surface area (Å²) in [4.78, 5) is 23.3. The molecule has 0 aromatic carbocycles. The molecule has 2 N–H and O–H groups in total. The molecule has 0 bridgehead atoms. The van der Waals surface area contributed by atoms with E-state index in [2.05, 4.69) is 0 Å². The molecule has 0 heterocycles. The van der Waals surface area contributed by atoms with Crippen molar-refractivity contribution in [1.82, 2.24) is 0 Å². The minimum absolute atomic E-state index is 0.0330. The normalized spacial score (nSPS) is 34.5. The third kappa shape index (κ3) is 3.76. The quantitative estimate of drug-likeness (QED) is 0.593. The van der Waals surface area contributed by atoms with Gasteiger partial charge in [0, 0.05) is 25.9 Å². The largest absolute Gasteiger partial charge is 0.466 e. The van der Waals surface area contributed by atoms with E-state index in [4.69, 9.17) is 9.84 Å². The van der Waals surface area contributed by atoms with Crippen LogP contribution in [0.4, 0.5) is 0 Å². The molecule has 0 aliphatic heterocycles. The second kappa shape index (κ2) is 7.38. The van der Waals surface area contributed by atoms with Crippen molar-refractivity contribution in [2.75, 3.05) is 13.2 Å². The summed E-state index contributed by atoms with van der Waals surface area (Å²) < 4.78 is 5.09. The van der Waals surface area contributed by atoms with Crippen molar-refractivity contribution < 1.29 is 24.5 Å². The van der Waals surface area contributed by atoms with Gasteiger partial charge in [0.15, 0.2) is 0 Å². The van der Waals surface area contributed by atoms with Crippen LogP contribution < -0.4 is 0 Å². The van der Waals surface area contributed by atoms with Crippen molar-refractivity contribution >= 4 is 11.8 Å². The van der Waals surface area contributed by atoms with Gasteiger partial charge in [0.05, 0.1) is 12.7 Å². The predicted octanol–water partition coefficient (Wildman–Crippen LogP) is 1.47. The van der Waals surface area contributed by atoms with E-state index in [0.717, 1.165) is 24.8 Å². The molecule has 22 heavy (non-hydrogen) atoms. The third-order valence-electron chi connectivity index (χ3n) is 5.08. The summed E-state index contributed by atoms with van der Waals surface area (Å²) in [5.74, 6) is 0.0170. The molecule has 0 spiro atoms.